The quantitative estimate of drug-likeness (QED) is 0.507. The van der Waals surface area contributed by atoms with E-state index in [1.807, 2.05) is 0 Å². The predicted octanol–water partition coefficient (Wildman–Crippen LogP) is 0.197. The molecule has 3 nitrogen and oxygen atoms in total. The molecule has 1 unspecified atom stereocenters. The second kappa shape index (κ2) is 4.05. The molecule has 0 radical (unpaired) electrons. The molecule has 0 bridgehead atoms. The second-order valence-corrected chi connectivity index (χ2v) is 5.44. The molecular formula is C8H15NO2S. The molecule has 0 spiro atoms. The van der Waals surface area contributed by atoms with Gasteiger partial charge < -0.3 is 5.32 Å². The van der Waals surface area contributed by atoms with Crippen molar-refractivity contribution in [3.8, 4) is 0 Å². The van der Waals surface area contributed by atoms with Crippen molar-refractivity contribution < 1.29 is 8.42 Å². The van der Waals surface area contributed by atoms with Crippen LogP contribution in [0, 0.1) is 5.92 Å². The van der Waals surface area contributed by atoms with Crippen molar-refractivity contribution in [2.75, 3.05) is 24.6 Å². The molecule has 1 aliphatic rings. The van der Waals surface area contributed by atoms with Crippen LogP contribution in [-0.4, -0.2) is 33.0 Å². The van der Waals surface area contributed by atoms with Crippen molar-refractivity contribution in [1.29, 1.82) is 0 Å². The van der Waals surface area contributed by atoms with E-state index in [2.05, 4.69) is 11.9 Å². The van der Waals surface area contributed by atoms with Gasteiger partial charge in [0.25, 0.3) is 0 Å². The Hall–Kier alpha value is -0.350. The molecular weight excluding hydrogens is 174 g/mol. The summed E-state index contributed by atoms with van der Waals surface area (Å²) < 4.78 is 22.1. The van der Waals surface area contributed by atoms with E-state index in [0.717, 1.165) is 19.5 Å². The van der Waals surface area contributed by atoms with Crippen molar-refractivity contribution in [2.45, 2.75) is 6.42 Å². The maximum absolute atomic E-state index is 11.0. The average Bonchev–Trinajstić information content (AvgIpc) is 2.31. The molecule has 0 amide bonds. The van der Waals surface area contributed by atoms with E-state index in [4.69, 9.17) is 0 Å². The standard InChI is InChI=1S/C8H15NO2S/c1-2-4-9-6-8-3-5-12(10,11)7-8/h2,8-9H,1,3-7H2. The third-order valence-electron chi connectivity index (χ3n) is 2.05. The molecule has 1 aliphatic heterocycles. The van der Waals surface area contributed by atoms with Gasteiger partial charge in [-0.2, -0.15) is 0 Å². The third-order valence-corrected chi connectivity index (χ3v) is 3.89. The Bertz CT molecular complexity index is 246. The van der Waals surface area contributed by atoms with Gasteiger partial charge in [0.15, 0.2) is 9.84 Å². The fourth-order valence-corrected chi connectivity index (χ4v) is 3.28. The van der Waals surface area contributed by atoms with Gasteiger partial charge in [-0.15, -0.1) is 6.58 Å². The SMILES string of the molecule is C=CCNCC1CCS(=O)(=O)C1. The monoisotopic (exact) mass is 189 g/mol. The van der Waals surface area contributed by atoms with Crippen LogP contribution in [0.4, 0.5) is 0 Å². The smallest absolute Gasteiger partial charge is 0.150 e. The summed E-state index contributed by atoms with van der Waals surface area (Å²) in [6.07, 6.45) is 2.59. The van der Waals surface area contributed by atoms with Gasteiger partial charge in [-0.3, -0.25) is 0 Å². The Labute approximate surface area is 73.8 Å². The molecule has 0 aromatic carbocycles. The number of hydrogen-bond donors (Lipinski definition) is 1. The first-order chi connectivity index (χ1) is 5.64. The Balaban J connectivity index is 2.24. The molecule has 0 aromatic rings. The molecule has 1 heterocycles. The summed E-state index contributed by atoms with van der Waals surface area (Å²) >= 11 is 0. The highest BCUT2D eigenvalue weighted by atomic mass is 32.2. The van der Waals surface area contributed by atoms with E-state index in [1.165, 1.54) is 0 Å². The van der Waals surface area contributed by atoms with Crippen molar-refractivity contribution in [3.05, 3.63) is 12.7 Å². The summed E-state index contributed by atoms with van der Waals surface area (Å²) in [6, 6.07) is 0. The lowest BCUT2D eigenvalue weighted by atomic mass is 10.1. The Morgan fingerprint density at radius 1 is 1.58 bits per heavy atom. The summed E-state index contributed by atoms with van der Waals surface area (Å²) in [4.78, 5) is 0. The van der Waals surface area contributed by atoms with Gasteiger partial charge in [-0.25, -0.2) is 8.42 Å². The van der Waals surface area contributed by atoms with Crippen LogP contribution in [0.3, 0.4) is 0 Å². The predicted molar refractivity (Wildman–Crippen MR) is 49.8 cm³/mol. The minimum absolute atomic E-state index is 0.315. The molecule has 0 aromatic heterocycles. The van der Waals surface area contributed by atoms with E-state index in [1.54, 1.807) is 6.08 Å². The molecule has 1 fully saturated rings. The molecule has 4 heteroatoms. The van der Waals surface area contributed by atoms with Crippen molar-refractivity contribution in [2.24, 2.45) is 5.92 Å². The number of sulfone groups is 1. The summed E-state index contributed by atoms with van der Waals surface area (Å²) in [5.41, 5.74) is 0. The van der Waals surface area contributed by atoms with Crippen LogP contribution in [0.1, 0.15) is 6.42 Å². The lowest BCUT2D eigenvalue weighted by Gasteiger charge is -2.06. The van der Waals surface area contributed by atoms with Crippen LogP contribution >= 0.6 is 0 Å². The van der Waals surface area contributed by atoms with Gasteiger partial charge in [-0.1, -0.05) is 6.08 Å². The van der Waals surface area contributed by atoms with E-state index >= 15 is 0 Å². The molecule has 1 atom stereocenters. The van der Waals surface area contributed by atoms with Crippen LogP contribution in [0.5, 0.6) is 0 Å². The third kappa shape index (κ3) is 2.95. The lowest BCUT2D eigenvalue weighted by molar-refractivity contribution is 0.539. The fourth-order valence-electron chi connectivity index (χ4n) is 1.42. The first-order valence-corrected chi connectivity index (χ1v) is 5.98. The minimum Gasteiger partial charge on any atom is -0.313 e. The zero-order chi connectivity index (χ0) is 9.03. The van der Waals surface area contributed by atoms with Gasteiger partial charge in [0.05, 0.1) is 11.5 Å². The van der Waals surface area contributed by atoms with Gasteiger partial charge in [-0.05, 0) is 18.9 Å². The minimum atomic E-state index is -2.70. The van der Waals surface area contributed by atoms with Gasteiger partial charge in [0, 0.05) is 6.54 Å². The topological polar surface area (TPSA) is 46.2 Å². The first kappa shape index (κ1) is 9.74. The van der Waals surface area contributed by atoms with E-state index < -0.39 is 9.84 Å². The molecule has 1 rings (SSSR count). The zero-order valence-electron chi connectivity index (χ0n) is 7.12. The summed E-state index contributed by atoms with van der Waals surface area (Å²) in [6.45, 7) is 5.13. The summed E-state index contributed by atoms with van der Waals surface area (Å²) in [5.74, 6) is 1.04. The molecule has 1 saturated heterocycles. The lowest BCUT2D eigenvalue weighted by Crippen LogP contribution is -2.23. The Kier molecular flexibility index (Phi) is 3.29. The second-order valence-electron chi connectivity index (χ2n) is 3.22. The van der Waals surface area contributed by atoms with Crippen LogP contribution in [0.15, 0.2) is 12.7 Å². The number of nitrogens with one attached hydrogen (secondary N) is 1. The Morgan fingerprint density at radius 2 is 2.33 bits per heavy atom. The van der Waals surface area contributed by atoms with Crippen molar-refractivity contribution in [3.63, 3.8) is 0 Å². The van der Waals surface area contributed by atoms with Gasteiger partial charge >= 0.3 is 0 Å². The largest absolute Gasteiger partial charge is 0.313 e. The van der Waals surface area contributed by atoms with E-state index in [0.29, 0.717) is 17.4 Å². The molecule has 0 saturated carbocycles. The Morgan fingerprint density at radius 3 is 2.83 bits per heavy atom. The first-order valence-electron chi connectivity index (χ1n) is 4.16. The van der Waals surface area contributed by atoms with Crippen molar-refractivity contribution >= 4 is 9.84 Å². The highest BCUT2D eigenvalue weighted by Gasteiger charge is 2.26. The van der Waals surface area contributed by atoms with Gasteiger partial charge in [0.2, 0.25) is 0 Å². The maximum Gasteiger partial charge on any atom is 0.150 e. The molecule has 12 heavy (non-hydrogen) atoms. The van der Waals surface area contributed by atoms with Crippen LogP contribution in [0.25, 0.3) is 0 Å². The molecule has 0 aliphatic carbocycles. The number of hydrogen-bond acceptors (Lipinski definition) is 3. The van der Waals surface area contributed by atoms with E-state index in [-0.39, 0.29) is 0 Å². The van der Waals surface area contributed by atoms with E-state index in [9.17, 15) is 8.42 Å². The van der Waals surface area contributed by atoms with Gasteiger partial charge in [0.1, 0.15) is 0 Å². The highest BCUT2D eigenvalue weighted by molar-refractivity contribution is 7.91. The highest BCUT2D eigenvalue weighted by Crippen LogP contribution is 2.16. The van der Waals surface area contributed by atoms with Crippen LogP contribution < -0.4 is 5.32 Å². The van der Waals surface area contributed by atoms with Crippen LogP contribution in [0.2, 0.25) is 0 Å². The zero-order valence-corrected chi connectivity index (χ0v) is 7.94. The summed E-state index contributed by atoms with van der Waals surface area (Å²) in [7, 11) is -2.70. The van der Waals surface area contributed by atoms with Crippen LogP contribution in [-0.2, 0) is 9.84 Å². The summed E-state index contributed by atoms with van der Waals surface area (Å²) in [5, 5.41) is 3.13. The molecule has 1 N–H and O–H groups in total. The maximum atomic E-state index is 11.0. The number of rotatable bonds is 4. The fraction of sp³-hybridized carbons (Fsp3) is 0.750. The normalized spacial score (nSPS) is 27.2. The van der Waals surface area contributed by atoms with Crippen molar-refractivity contribution in [1.82, 2.24) is 5.32 Å². The average molecular weight is 189 g/mol. The molecule has 70 valence electrons.